The highest BCUT2D eigenvalue weighted by Crippen LogP contribution is 2.48. The Morgan fingerprint density at radius 2 is 2.25 bits per heavy atom. The number of carbonyl (C=O) groups excluding carboxylic acids is 1. The summed E-state index contributed by atoms with van der Waals surface area (Å²) in [5.41, 5.74) is 0. The zero-order valence-corrected chi connectivity index (χ0v) is 14.1. The van der Waals surface area contributed by atoms with Gasteiger partial charge in [-0.05, 0) is 25.0 Å². The standard InChI is InChI=1S/C18H24N4O2/c1-20-8-5-19-17(20)13-21-6-3-7-22(10-9-21)18(23)15-12-14(15)16-4-2-11-24-16/h2,4-5,8,11,14-15H,3,6-7,9-10,12-13H2,1H3. The molecule has 0 radical (unpaired) electrons. The lowest BCUT2D eigenvalue weighted by Gasteiger charge is -2.22. The third kappa shape index (κ3) is 3.11. The molecule has 0 aromatic carbocycles. The van der Waals surface area contributed by atoms with Crippen LogP contribution in [0.1, 0.15) is 30.3 Å². The van der Waals surface area contributed by atoms with E-state index in [2.05, 4.69) is 14.5 Å². The topological polar surface area (TPSA) is 54.5 Å². The number of nitrogens with zero attached hydrogens (tertiary/aromatic N) is 4. The van der Waals surface area contributed by atoms with Crippen molar-refractivity contribution in [3.63, 3.8) is 0 Å². The molecule has 6 nitrogen and oxygen atoms in total. The smallest absolute Gasteiger partial charge is 0.226 e. The molecule has 0 spiro atoms. The van der Waals surface area contributed by atoms with Crippen molar-refractivity contribution >= 4 is 5.91 Å². The molecule has 2 fully saturated rings. The SMILES string of the molecule is Cn1ccnc1CN1CCCN(C(=O)C2CC2c2ccco2)CC1. The molecule has 0 N–H and O–H groups in total. The zero-order valence-electron chi connectivity index (χ0n) is 14.1. The molecule has 3 heterocycles. The number of hydrogen-bond acceptors (Lipinski definition) is 4. The van der Waals surface area contributed by atoms with Gasteiger partial charge in [-0.3, -0.25) is 9.69 Å². The van der Waals surface area contributed by atoms with Crippen molar-refractivity contribution in [2.75, 3.05) is 26.2 Å². The molecule has 1 amide bonds. The van der Waals surface area contributed by atoms with Gasteiger partial charge in [0.05, 0.1) is 12.8 Å². The molecule has 2 aliphatic rings. The molecule has 0 bridgehead atoms. The summed E-state index contributed by atoms with van der Waals surface area (Å²) in [7, 11) is 2.03. The van der Waals surface area contributed by atoms with Crippen LogP contribution >= 0.6 is 0 Å². The lowest BCUT2D eigenvalue weighted by Crippen LogP contribution is -2.36. The second kappa shape index (κ2) is 6.43. The number of aryl methyl sites for hydroxylation is 1. The molecule has 2 aromatic heterocycles. The molecule has 6 heteroatoms. The van der Waals surface area contributed by atoms with Gasteiger partial charge in [0.2, 0.25) is 5.91 Å². The lowest BCUT2D eigenvalue weighted by molar-refractivity contribution is -0.132. The second-order valence-corrected chi connectivity index (χ2v) is 6.87. The molecule has 2 unspecified atom stereocenters. The Labute approximate surface area is 142 Å². The summed E-state index contributed by atoms with van der Waals surface area (Å²) in [4.78, 5) is 21.6. The van der Waals surface area contributed by atoms with Crippen LogP contribution in [0.25, 0.3) is 0 Å². The largest absolute Gasteiger partial charge is 0.469 e. The number of carbonyl (C=O) groups is 1. The van der Waals surface area contributed by atoms with E-state index in [4.69, 9.17) is 4.42 Å². The Hall–Kier alpha value is -2.08. The highest BCUT2D eigenvalue weighted by molar-refractivity contribution is 5.82. The average molecular weight is 328 g/mol. The van der Waals surface area contributed by atoms with Gasteiger partial charge in [0.15, 0.2) is 0 Å². The van der Waals surface area contributed by atoms with Crippen LogP contribution in [0.3, 0.4) is 0 Å². The zero-order chi connectivity index (χ0) is 16.5. The van der Waals surface area contributed by atoms with Gasteiger partial charge in [-0.2, -0.15) is 0 Å². The monoisotopic (exact) mass is 328 g/mol. The van der Waals surface area contributed by atoms with E-state index >= 15 is 0 Å². The van der Waals surface area contributed by atoms with E-state index < -0.39 is 0 Å². The molecule has 1 aliphatic heterocycles. The van der Waals surface area contributed by atoms with E-state index in [0.717, 1.165) is 57.2 Å². The van der Waals surface area contributed by atoms with Crippen LogP contribution in [-0.2, 0) is 18.4 Å². The van der Waals surface area contributed by atoms with Crippen molar-refractivity contribution in [1.82, 2.24) is 19.4 Å². The van der Waals surface area contributed by atoms with Gasteiger partial charge in [0.1, 0.15) is 11.6 Å². The van der Waals surface area contributed by atoms with Crippen molar-refractivity contribution in [2.24, 2.45) is 13.0 Å². The first kappa shape index (κ1) is 15.4. The summed E-state index contributed by atoms with van der Waals surface area (Å²) < 4.78 is 7.51. The maximum absolute atomic E-state index is 12.7. The van der Waals surface area contributed by atoms with Crippen LogP contribution in [0.5, 0.6) is 0 Å². The number of rotatable bonds is 4. The summed E-state index contributed by atoms with van der Waals surface area (Å²) in [5.74, 6) is 2.75. The van der Waals surface area contributed by atoms with E-state index in [1.807, 2.05) is 36.5 Å². The first-order chi connectivity index (χ1) is 11.7. The van der Waals surface area contributed by atoms with Crippen LogP contribution in [0.4, 0.5) is 0 Å². The van der Waals surface area contributed by atoms with Crippen molar-refractivity contribution in [2.45, 2.75) is 25.3 Å². The maximum atomic E-state index is 12.7. The van der Waals surface area contributed by atoms with Crippen LogP contribution in [-0.4, -0.2) is 51.4 Å². The van der Waals surface area contributed by atoms with E-state index in [1.165, 1.54) is 0 Å². The third-order valence-electron chi connectivity index (χ3n) is 5.20. The van der Waals surface area contributed by atoms with Crippen LogP contribution in [0.2, 0.25) is 0 Å². The summed E-state index contributed by atoms with van der Waals surface area (Å²) >= 11 is 0. The molecule has 128 valence electrons. The highest BCUT2D eigenvalue weighted by Gasteiger charge is 2.47. The second-order valence-electron chi connectivity index (χ2n) is 6.87. The van der Waals surface area contributed by atoms with Crippen LogP contribution in [0, 0.1) is 5.92 Å². The van der Waals surface area contributed by atoms with Crippen molar-refractivity contribution in [3.05, 3.63) is 42.4 Å². The van der Waals surface area contributed by atoms with E-state index in [-0.39, 0.29) is 5.92 Å². The Morgan fingerprint density at radius 3 is 3.00 bits per heavy atom. The minimum absolute atomic E-state index is 0.122. The normalized spacial score (nSPS) is 24.8. The average Bonchev–Trinajstić information content (AvgIpc) is 3.10. The summed E-state index contributed by atoms with van der Waals surface area (Å²) in [5, 5.41) is 0. The van der Waals surface area contributed by atoms with Crippen LogP contribution < -0.4 is 0 Å². The van der Waals surface area contributed by atoms with Gasteiger partial charge in [-0.1, -0.05) is 0 Å². The molecule has 2 atom stereocenters. The fraction of sp³-hybridized carbons (Fsp3) is 0.556. The van der Waals surface area contributed by atoms with Crippen molar-refractivity contribution in [1.29, 1.82) is 0 Å². The number of furan rings is 1. The Morgan fingerprint density at radius 1 is 1.33 bits per heavy atom. The lowest BCUT2D eigenvalue weighted by atomic mass is 10.2. The molecule has 1 saturated carbocycles. The maximum Gasteiger partial charge on any atom is 0.226 e. The summed E-state index contributed by atoms with van der Waals surface area (Å²) in [6, 6.07) is 3.88. The minimum atomic E-state index is 0.122. The molecular formula is C18H24N4O2. The first-order valence-electron chi connectivity index (χ1n) is 8.73. The van der Waals surface area contributed by atoms with Crippen molar-refractivity contribution < 1.29 is 9.21 Å². The van der Waals surface area contributed by atoms with Gasteiger partial charge >= 0.3 is 0 Å². The molecule has 24 heavy (non-hydrogen) atoms. The quantitative estimate of drug-likeness (QED) is 0.859. The van der Waals surface area contributed by atoms with E-state index in [9.17, 15) is 4.79 Å². The van der Waals surface area contributed by atoms with Gasteiger partial charge in [-0.25, -0.2) is 4.98 Å². The molecular weight excluding hydrogens is 304 g/mol. The molecule has 4 rings (SSSR count). The molecule has 1 aliphatic carbocycles. The third-order valence-corrected chi connectivity index (χ3v) is 5.20. The fourth-order valence-electron chi connectivity index (χ4n) is 3.62. The number of imidazole rings is 1. The van der Waals surface area contributed by atoms with E-state index in [0.29, 0.717) is 11.8 Å². The summed E-state index contributed by atoms with van der Waals surface area (Å²) in [6.45, 7) is 4.45. The first-order valence-corrected chi connectivity index (χ1v) is 8.73. The number of amides is 1. The predicted octanol–water partition coefficient (Wildman–Crippen LogP) is 1.85. The minimum Gasteiger partial charge on any atom is -0.469 e. The Bertz CT molecular complexity index is 694. The Kier molecular flexibility index (Phi) is 4.14. The van der Waals surface area contributed by atoms with Gasteiger partial charge < -0.3 is 13.9 Å². The molecule has 2 aromatic rings. The van der Waals surface area contributed by atoms with Gasteiger partial charge in [-0.15, -0.1) is 0 Å². The highest BCUT2D eigenvalue weighted by atomic mass is 16.3. The number of aromatic nitrogens is 2. The Balaban J connectivity index is 1.32. The fourth-order valence-corrected chi connectivity index (χ4v) is 3.62. The predicted molar refractivity (Wildman–Crippen MR) is 89.2 cm³/mol. The summed E-state index contributed by atoms with van der Waals surface area (Å²) in [6.07, 6.45) is 7.46. The number of hydrogen-bond donors (Lipinski definition) is 0. The van der Waals surface area contributed by atoms with E-state index in [1.54, 1.807) is 6.26 Å². The van der Waals surface area contributed by atoms with Gasteiger partial charge in [0, 0.05) is 57.5 Å². The van der Waals surface area contributed by atoms with Gasteiger partial charge in [0.25, 0.3) is 0 Å². The van der Waals surface area contributed by atoms with Crippen molar-refractivity contribution in [3.8, 4) is 0 Å². The van der Waals surface area contributed by atoms with Crippen LogP contribution in [0.15, 0.2) is 35.2 Å². The molecule has 1 saturated heterocycles.